The van der Waals surface area contributed by atoms with Crippen molar-refractivity contribution in [1.29, 1.82) is 0 Å². The van der Waals surface area contributed by atoms with Crippen molar-refractivity contribution in [3.63, 3.8) is 0 Å². The number of rotatable bonds is 3. The molecule has 0 saturated heterocycles. The molecule has 0 amide bonds. The van der Waals surface area contributed by atoms with Crippen LogP contribution in [-0.4, -0.2) is 5.38 Å². The van der Waals surface area contributed by atoms with Gasteiger partial charge in [0.15, 0.2) is 11.6 Å². The van der Waals surface area contributed by atoms with Crippen molar-refractivity contribution in [1.82, 2.24) is 0 Å². The van der Waals surface area contributed by atoms with E-state index in [1.165, 1.54) is 0 Å². The maximum absolute atomic E-state index is 13.5. The zero-order chi connectivity index (χ0) is 11.6. The first kappa shape index (κ1) is 12.4. The molecule has 0 saturated carbocycles. The molecule has 0 aliphatic carbocycles. The van der Waals surface area contributed by atoms with E-state index < -0.39 is 11.6 Å². The van der Waals surface area contributed by atoms with Crippen LogP contribution in [0.5, 0.6) is 0 Å². The molecule has 2 atom stereocenters. The minimum Gasteiger partial charge on any atom is -0.203 e. The first-order valence-corrected chi connectivity index (χ1v) is 5.45. The van der Waals surface area contributed by atoms with Crippen LogP contribution in [0.2, 0.25) is 0 Å². The molecule has 0 aromatic heterocycles. The molecular weight excluding hydrogens is 218 g/mol. The maximum Gasteiger partial charge on any atom is 0.162 e. The van der Waals surface area contributed by atoms with Crippen LogP contribution in [0.1, 0.15) is 37.3 Å². The van der Waals surface area contributed by atoms with Gasteiger partial charge in [-0.15, -0.1) is 11.6 Å². The van der Waals surface area contributed by atoms with Gasteiger partial charge in [-0.1, -0.05) is 19.1 Å². The third-order valence-corrected chi connectivity index (χ3v) is 2.69. The number of aryl methyl sites for hydroxylation is 1. The summed E-state index contributed by atoms with van der Waals surface area (Å²) in [6.07, 6.45) is 0.640. The van der Waals surface area contributed by atoms with Gasteiger partial charge in [0.2, 0.25) is 0 Å². The van der Waals surface area contributed by atoms with Gasteiger partial charge in [-0.3, -0.25) is 0 Å². The Morgan fingerprint density at radius 1 is 1.20 bits per heavy atom. The van der Waals surface area contributed by atoms with Crippen LogP contribution in [-0.2, 0) is 0 Å². The minimum absolute atomic E-state index is 0.0382. The Hall–Kier alpha value is -0.630. The van der Waals surface area contributed by atoms with Gasteiger partial charge in [-0.2, -0.15) is 0 Å². The molecule has 0 aliphatic heterocycles. The molecular formula is C12H15ClF2. The molecule has 2 unspecified atom stereocenters. The lowest BCUT2D eigenvalue weighted by molar-refractivity contribution is 0.481. The van der Waals surface area contributed by atoms with E-state index >= 15 is 0 Å². The number of hydrogen-bond acceptors (Lipinski definition) is 0. The largest absolute Gasteiger partial charge is 0.203 e. The molecule has 0 N–H and O–H groups in total. The van der Waals surface area contributed by atoms with E-state index in [1.54, 1.807) is 19.1 Å². The van der Waals surface area contributed by atoms with Crippen LogP contribution >= 0.6 is 11.6 Å². The molecule has 1 aromatic rings. The minimum atomic E-state index is -0.749. The Bertz CT molecular complexity index is 348. The Morgan fingerprint density at radius 3 is 2.33 bits per heavy atom. The third-order valence-electron chi connectivity index (χ3n) is 2.51. The van der Waals surface area contributed by atoms with E-state index in [-0.39, 0.29) is 11.3 Å². The number of benzene rings is 1. The lowest BCUT2D eigenvalue weighted by Crippen LogP contribution is -2.05. The highest BCUT2D eigenvalue weighted by atomic mass is 35.5. The van der Waals surface area contributed by atoms with Crippen molar-refractivity contribution < 1.29 is 8.78 Å². The van der Waals surface area contributed by atoms with Crippen LogP contribution in [0.3, 0.4) is 0 Å². The summed E-state index contributed by atoms with van der Waals surface area (Å²) in [5.41, 5.74) is 0.743. The summed E-state index contributed by atoms with van der Waals surface area (Å²) in [5.74, 6) is -1.55. The number of hydrogen-bond donors (Lipinski definition) is 0. The summed E-state index contributed by atoms with van der Waals surface area (Å²) in [6, 6.07) is 3.24. The van der Waals surface area contributed by atoms with E-state index in [4.69, 9.17) is 11.6 Å². The molecule has 0 heterocycles. The van der Waals surface area contributed by atoms with E-state index in [1.807, 2.05) is 13.8 Å². The summed E-state index contributed by atoms with van der Waals surface area (Å²) in [6.45, 7) is 5.25. The fourth-order valence-electron chi connectivity index (χ4n) is 1.66. The van der Waals surface area contributed by atoms with Crippen molar-refractivity contribution in [3.05, 3.63) is 34.9 Å². The van der Waals surface area contributed by atoms with Crippen LogP contribution in [0, 0.1) is 18.6 Å². The second-order valence-electron chi connectivity index (χ2n) is 4.02. The average molecular weight is 233 g/mol. The first-order chi connectivity index (χ1) is 6.93. The molecule has 0 radical (unpaired) electrons. The van der Waals surface area contributed by atoms with Crippen LogP contribution in [0.15, 0.2) is 12.1 Å². The highest BCUT2D eigenvalue weighted by Gasteiger charge is 2.17. The Kier molecular flexibility index (Phi) is 4.09. The fraction of sp³-hybridized carbons (Fsp3) is 0.500. The molecule has 0 spiro atoms. The lowest BCUT2D eigenvalue weighted by Gasteiger charge is -2.15. The van der Waals surface area contributed by atoms with Gasteiger partial charge < -0.3 is 0 Å². The predicted octanol–water partition coefficient (Wildman–Crippen LogP) is 4.39. The second kappa shape index (κ2) is 4.93. The molecule has 0 bridgehead atoms. The first-order valence-electron chi connectivity index (χ1n) is 5.02. The van der Waals surface area contributed by atoms with Gasteiger partial charge in [-0.05, 0) is 37.3 Å². The monoisotopic (exact) mass is 232 g/mol. The Morgan fingerprint density at radius 2 is 1.80 bits per heavy atom. The lowest BCUT2D eigenvalue weighted by atomic mass is 9.95. The van der Waals surface area contributed by atoms with Crippen molar-refractivity contribution in [3.8, 4) is 0 Å². The molecule has 15 heavy (non-hydrogen) atoms. The van der Waals surface area contributed by atoms with Crippen LogP contribution in [0.25, 0.3) is 0 Å². The smallest absolute Gasteiger partial charge is 0.162 e. The number of halogens is 3. The summed E-state index contributed by atoms with van der Waals surface area (Å²) >= 11 is 5.83. The topological polar surface area (TPSA) is 0 Å². The van der Waals surface area contributed by atoms with E-state index in [0.29, 0.717) is 17.5 Å². The van der Waals surface area contributed by atoms with Crippen LogP contribution in [0.4, 0.5) is 8.78 Å². The molecule has 0 fully saturated rings. The third kappa shape index (κ3) is 2.91. The normalized spacial score (nSPS) is 15.1. The summed E-state index contributed by atoms with van der Waals surface area (Å²) in [4.78, 5) is 0. The van der Waals surface area contributed by atoms with E-state index in [2.05, 4.69) is 0 Å². The van der Waals surface area contributed by atoms with Crippen molar-refractivity contribution in [2.75, 3.05) is 0 Å². The zero-order valence-corrected chi connectivity index (χ0v) is 9.91. The Labute approximate surface area is 94.3 Å². The molecule has 0 aliphatic rings. The van der Waals surface area contributed by atoms with E-state index in [9.17, 15) is 8.78 Å². The van der Waals surface area contributed by atoms with E-state index in [0.717, 1.165) is 0 Å². The van der Waals surface area contributed by atoms with Gasteiger partial charge in [0.05, 0.1) is 0 Å². The molecule has 1 rings (SSSR count). The van der Waals surface area contributed by atoms with Gasteiger partial charge in [0.1, 0.15) is 0 Å². The van der Waals surface area contributed by atoms with Gasteiger partial charge >= 0.3 is 0 Å². The molecule has 0 nitrogen and oxygen atoms in total. The maximum atomic E-state index is 13.5. The average Bonchev–Trinajstić information content (AvgIpc) is 2.13. The summed E-state index contributed by atoms with van der Waals surface area (Å²) in [5, 5.41) is -0.0382. The zero-order valence-electron chi connectivity index (χ0n) is 9.15. The van der Waals surface area contributed by atoms with Crippen molar-refractivity contribution in [2.24, 2.45) is 0 Å². The fourth-order valence-corrected chi connectivity index (χ4v) is 1.92. The highest BCUT2D eigenvalue weighted by Crippen LogP contribution is 2.27. The molecule has 84 valence electrons. The highest BCUT2D eigenvalue weighted by molar-refractivity contribution is 6.20. The summed E-state index contributed by atoms with van der Waals surface area (Å²) < 4.78 is 26.8. The Balaban J connectivity index is 3.00. The van der Waals surface area contributed by atoms with Gasteiger partial charge in [0.25, 0.3) is 0 Å². The summed E-state index contributed by atoms with van der Waals surface area (Å²) in [7, 11) is 0. The van der Waals surface area contributed by atoms with Gasteiger partial charge in [0, 0.05) is 5.38 Å². The SMILES string of the molecule is Cc1ccc(C(C)CC(C)Cl)c(F)c1F. The standard InChI is InChI=1S/C12H15ClF2/c1-7-4-5-10(12(15)11(7)14)8(2)6-9(3)13/h4-5,8-9H,6H2,1-3H3. The van der Waals surface area contributed by atoms with Crippen molar-refractivity contribution >= 4 is 11.6 Å². The number of alkyl halides is 1. The second-order valence-corrected chi connectivity index (χ2v) is 4.76. The molecule has 1 aromatic carbocycles. The van der Waals surface area contributed by atoms with Crippen molar-refractivity contribution in [2.45, 2.75) is 38.5 Å². The quantitative estimate of drug-likeness (QED) is 0.678. The van der Waals surface area contributed by atoms with Crippen LogP contribution < -0.4 is 0 Å². The van der Waals surface area contributed by atoms with Gasteiger partial charge in [-0.25, -0.2) is 8.78 Å². The molecule has 3 heteroatoms. The predicted molar refractivity (Wildman–Crippen MR) is 59.4 cm³/mol.